The van der Waals surface area contributed by atoms with Crippen molar-refractivity contribution in [2.24, 2.45) is 0 Å². The van der Waals surface area contributed by atoms with Crippen molar-refractivity contribution in [3.8, 4) is 17.2 Å². The Morgan fingerprint density at radius 2 is 1.93 bits per heavy atom. The van der Waals surface area contributed by atoms with Crippen molar-refractivity contribution in [3.05, 3.63) is 75.5 Å². The molecule has 0 bridgehead atoms. The number of halogens is 3. The van der Waals surface area contributed by atoms with Gasteiger partial charge in [-0.1, -0.05) is 17.7 Å². The molecule has 0 spiro atoms. The average molecular weight is 718 g/mol. The number of nitriles is 1. The quantitative estimate of drug-likeness (QED) is 0.363. The van der Waals surface area contributed by atoms with E-state index >= 15 is 4.39 Å². The topological polar surface area (TPSA) is 154 Å². The number of amides is 2. The van der Waals surface area contributed by atoms with Gasteiger partial charge in [0.25, 0.3) is 5.91 Å². The monoisotopic (exact) mass is 716 g/mol. The Morgan fingerprint density at radius 1 is 1.20 bits per heavy atom. The number of rotatable bonds is 7. The number of benzene rings is 1. The molecule has 4 heterocycles. The number of likely N-dealkylation sites (tertiary alicyclic amines) is 1. The molecule has 3 fully saturated rings. The molecule has 3 aromatic rings. The van der Waals surface area contributed by atoms with Crippen molar-refractivity contribution in [3.63, 3.8) is 0 Å². The third kappa shape index (κ3) is 5.78. The SMILES string of the molecule is Cc1cc(-c2ccc(S(=O)(=O)[C@@H]3C[C@H](OC(=O)NC4(C#N)CC4)N(C(=O)C4(c5ncc(Br)cc5F)CCN4)C3)c(Cl)c2)ccn1. The molecule has 234 valence electrons. The van der Waals surface area contributed by atoms with Crippen molar-refractivity contribution >= 4 is 49.4 Å². The number of carbonyl (C=O) groups excluding carboxylic acids is 2. The Labute approximate surface area is 272 Å². The second-order valence-corrected chi connectivity index (χ2v) is 15.0. The number of nitrogens with zero attached hydrogens (tertiary/aromatic N) is 4. The highest BCUT2D eigenvalue weighted by Crippen LogP contribution is 2.40. The van der Waals surface area contributed by atoms with Crippen LogP contribution >= 0.6 is 27.5 Å². The Hall–Kier alpha value is -3.64. The summed E-state index contributed by atoms with van der Waals surface area (Å²) in [5.41, 5.74) is -0.510. The van der Waals surface area contributed by atoms with E-state index in [4.69, 9.17) is 16.3 Å². The van der Waals surface area contributed by atoms with E-state index < -0.39 is 50.2 Å². The second kappa shape index (κ2) is 11.6. The van der Waals surface area contributed by atoms with E-state index in [2.05, 4.69) is 36.5 Å². The van der Waals surface area contributed by atoms with Crippen LogP contribution in [0.4, 0.5) is 9.18 Å². The smallest absolute Gasteiger partial charge is 0.410 e. The van der Waals surface area contributed by atoms with Crippen molar-refractivity contribution < 1.29 is 27.1 Å². The first-order chi connectivity index (χ1) is 21.4. The summed E-state index contributed by atoms with van der Waals surface area (Å²) in [5.74, 6) is -1.42. The molecule has 1 aromatic carbocycles. The summed E-state index contributed by atoms with van der Waals surface area (Å²) in [6.45, 7) is 1.87. The highest BCUT2D eigenvalue weighted by Gasteiger charge is 2.56. The van der Waals surface area contributed by atoms with Crippen LogP contribution in [-0.4, -0.2) is 65.4 Å². The maximum Gasteiger partial charge on any atom is 0.410 e. The van der Waals surface area contributed by atoms with E-state index in [1.54, 1.807) is 24.4 Å². The number of aryl methyl sites for hydroxylation is 1. The Morgan fingerprint density at radius 3 is 2.53 bits per heavy atom. The molecule has 2 aromatic heterocycles. The van der Waals surface area contributed by atoms with Crippen LogP contribution < -0.4 is 10.6 Å². The number of aromatic nitrogens is 2. The van der Waals surface area contributed by atoms with E-state index in [1.807, 2.05) is 19.1 Å². The van der Waals surface area contributed by atoms with Gasteiger partial charge in [0.2, 0.25) is 0 Å². The van der Waals surface area contributed by atoms with Gasteiger partial charge in [-0.3, -0.25) is 20.1 Å². The van der Waals surface area contributed by atoms with Crippen molar-refractivity contribution in [2.45, 2.75) is 60.1 Å². The largest absolute Gasteiger partial charge is 0.425 e. The lowest BCUT2D eigenvalue weighted by Crippen LogP contribution is -2.65. The molecule has 6 rings (SSSR count). The number of nitrogens with one attached hydrogen (secondary N) is 2. The number of ether oxygens (including phenoxy) is 1. The van der Waals surface area contributed by atoms with E-state index in [9.17, 15) is 23.3 Å². The third-order valence-electron chi connectivity index (χ3n) is 8.43. The molecule has 11 nitrogen and oxygen atoms in total. The zero-order chi connectivity index (χ0) is 32.1. The molecule has 2 aliphatic heterocycles. The van der Waals surface area contributed by atoms with Crippen LogP contribution in [0, 0.1) is 24.1 Å². The zero-order valence-corrected chi connectivity index (χ0v) is 27.0. The molecule has 45 heavy (non-hydrogen) atoms. The lowest BCUT2D eigenvalue weighted by molar-refractivity contribution is -0.149. The third-order valence-corrected chi connectivity index (χ3v) is 11.5. The van der Waals surface area contributed by atoms with Crippen LogP contribution in [-0.2, 0) is 24.9 Å². The Balaban J connectivity index is 1.32. The van der Waals surface area contributed by atoms with Gasteiger partial charge in [-0.2, -0.15) is 5.26 Å². The lowest BCUT2D eigenvalue weighted by Gasteiger charge is -2.44. The molecular weight excluding hydrogens is 691 g/mol. The molecular formula is C30H27BrClFN6O5S. The van der Waals surface area contributed by atoms with Gasteiger partial charge in [0.1, 0.15) is 22.6 Å². The molecule has 15 heteroatoms. The van der Waals surface area contributed by atoms with E-state index in [0.717, 1.165) is 16.2 Å². The minimum Gasteiger partial charge on any atom is -0.425 e. The van der Waals surface area contributed by atoms with Gasteiger partial charge in [-0.05, 0) is 90.1 Å². The number of sulfone groups is 1. The summed E-state index contributed by atoms with van der Waals surface area (Å²) in [6, 6.07) is 11.4. The normalized spacial score (nSPS) is 23.5. The first-order valence-corrected chi connectivity index (χ1v) is 16.8. The van der Waals surface area contributed by atoms with Crippen LogP contribution in [0.5, 0.6) is 0 Å². The molecule has 1 saturated carbocycles. The van der Waals surface area contributed by atoms with Crippen molar-refractivity contribution in [1.82, 2.24) is 25.5 Å². The number of pyridine rings is 2. The van der Waals surface area contributed by atoms with Gasteiger partial charge >= 0.3 is 6.09 Å². The van der Waals surface area contributed by atoms with Crippen molar-refractivity contribution in [1.29, 1.82) is 5.26 Å². The molecule has 3 atom stereocenters. The first-order valence-electron chi connectivity index (χ1n) is 14.1. The lowest BCUT2D eigenvalue weighted by atomic mass is 9.82. The highest BCUT2D eigenvalue weighted by molar-refractivity contribution is 9.10. The summed E-state index contributed by atoms with van der Waals surface area (Å²) in [5, 5.41) is 13.7. The summed E-state index contributed by atoms with van der Waals surface area (Å²) in [7, 11) is -4.17. The van der Waals surface area contributed by atoms with Crippen LogP contribution in [0.1, 0.15) is 37.1 Å². The van der Waals surface area contributed by atoms with Gasteiger partial charge in [0.15, 0.2) is 16.1 Å². The molecule has 0 radical (unpaired) electrons. The summed E-state index contributed by atoms with van der Waals surface area (Å²) >= 11 is 9.72. The fraction of sp³-hybridized carbons (Fsp3) is 0.367. The van der Waals surface area contributed by atoms with Gasteiger partial charge in [0, 0.05) is 35.5 Å². The standard InChI is InChI=1S/C30H27BrClFN6O5S/c1-17-10-19(4-8-35-17)18-2-3-24(22(32)11-18)45(42,43)21-13-25(44-28(41)38-29(16-34)5-6-29)39(15-21)27(40)30(7-9-37-30)26-23(33)12-20(31)14-36-26/h2-4,8,10-12,14,21,25,37H,5-7,9,13,15H2,1H3,(H,38,41)/t21-,25+,30?/m1/s1. The minimum absolute atomic E-state index is 0.00934. The Bertz CT molecular complexity index is 1860. The average Bonchev–Trinajstić information content (AvgIpc) is 3.61. The number of carbonyl (C=O) groups is 2. The predicted molar refractivity (Wildman–Crippen MR) is 164 cm³/mol. The summed E-state index contributed by atoms with van der Waals surface area (Å²) in [4.78, 5) is 36.4. The number of alkyl carbamates (subject to hydrolysis) is 1. The fourth-order valence-corrected chi connectivity index (χ4v) is 8.23. The van der Waals surface area contributed by atoms with Crippen molar-refractivity contribution in [2.75, 3.05) is 13.1 Å². The minimum atomic E-state index is -4.17. The van der Waals surface area contributed by atoms with Gasteiger partial charge in [-0.15, -0.1) is 0 Å². The van der Waals surface area contributed by atoms with E-state index in [-0.39, 0.29) is 35.0 Å². The van der Waals surface area contributed by atoms with E-state index in [0.29, 0.717) is 29.4 Å². The maximum absolute atomic E-state index is 15.1. The second-order valence-electron chi connectivity index (χ2n) is 11.4. The highest BCUT2D eigenvalue weighted by atomic mass is 79.9. The maximum atomic E-state index is 15.1. The van der Waals surface area contributed by atoms with Gasteiger partial charge in [-0.25, -0.2) is 17.6 Å². The van der Waals surface area contributed by atoms with Crippen LogP contribution in [0.25, 0.3) is 11.1 Å². The molecule has 1 unspecified atom stereocenters. The van der Waals surface area contributed by atoms with E-state index in [1.165, 1.54) is 18.3 Å². The van der Waals surface area contributed by atoms with Crippen LogP contribution in [0.15, 0.2) is 58.2 Å². The summed E-state index contributed by atoms with van der Waals surface area (Å²) < 4.78 is 49.1. The zero-order valence-electron chi connectivity index (χ0n) is 23.9. The van der Waals surface area contributed by atoms with Crippen LogP contribution in [0.2, 0.25) is 5.02 Å². The molecule has 3 aliphatic rings. The Kier molecular flexibility index (Phi) is 8.09. The molecule has 1 aliphatic carbocycles. The predicted octanol–water partition coefficient (Wildman–Crippen LogP) is 4.38. The first kappa shape index (κ1) is 31.3. The molecule has 2 N–H and O–H groups in total. The van der Waals surface area contributed by atoms with Gasteiger partial charge < -0.3 is 15.0 Å². The number of hydrogen-bond donors (Lipinski definition) is 2. The number of hydrogen-bond acceptors (Lipinski definition) is 9. The van der Waals surface area contributed by atoms with Gasteiger partial charge in [0.05, 0.1) is 21.2 Å². The fourth-order valence-electron chi connectivity index (χ4n) is 5.70. The summed E-state index contributed by atoms with van der Waals surface area (Å²) in [6.07, 6.45) is 1.51. The van der Waals surface area contributed by atoms with Crippen LogP contribution in [0.3, 0.4) is 0 Å². The molecule has 2 saturated heterocycles. The molecule has 2 amide bonds.